The van der Waals surface area contributed by atoms with E-state index in [0.29, 0.717) is 23.7 Å². The number of ketones is 1. The molecule has 1 aromatic carbocycles. The van der Waals surface area contributed by atoms with Crippen molar-refractivity contribution in [3.63, 3.8) is 0 Å². The van der Waals surface area contributed by atoms with Crippen molar-refractivity contribution in [2.75, 3.05) is 13.2 Å². The molecule has 1 aromatic rings. The van der Waals surface area contributed by atoms with Gasteiger partial charge in [0.25, 0.3) is 0 Å². The SMILES string of the molecule is CCOC(=O)C1=C(N)OC(C)=C(C(C)=O)[C@H]1c1ccc(OCC)cc1. The van der Waals surface area contributed by atoms with Crippen molar-refractivity contribution in [2.45, 2.75) is 33.6 Å². The van der Waals surface area contributed by atoms with E-state index in [1.54, 1.807) is 26.0 Å². The molecule has 0 aliphatic carbocycles. The first-order chi connectivity index (χ1) is 11.9. The van der Waals surface area contributed by atoms with Crippen LogP contribution in [0.25, 0.3) is 0 Å². The van der Waals surface area contributed by atoms with Crippen molar-refractivity contribution >= 4 is 11.8 Å². The van der Waals surface area contributed by atoms with Gasteiger partial charge in [0, 0.05) is 5.57 Å². The molecule has 0 unspecified atom stereocenters. The maximum Gasteiger partial charge on any atom is 0.340 e. The molecule has 2 rings (SSSR count). The average molecular weight is 345 g/mol. The number of nitrogens with two attached hydrogens (primary N) is 1. The summed E-state index contributed by atoms with van der Waals surface area (Å²) in [5.41, 5.74) is 7.22. The van der Waals surface area contributed by atoms with E-state index in [1.165, 1.54) is 6.92 Å². The molecule has 0 radical (unpaired) electrons. The van der Waals surface area contributed by atoms with E-state index < -0.39 is 11.9 Å². The fourth-order valence-electron chi connectivity index (χ4n) is 2.90. The van der Waals surface area contributed by atoms with Gasteiger partial charge in [0.05, 0.1) is 19.1 Å². The zero-order valence-electron chi connectivity index (χ0n) is 14.9. The van der Waals surface area contributed by atoms with Crippen LogP contribution >= 0.6 is 0 Å². The maximum absolute atomic E-state index is 12.4. The Morgan fingerprint density at radius 3 is 2.28 bits per heavy atom. The first-order valence-corrected chi connectivity index (χ1v) is 8.19. The molecular weight excluding hydrogens is 322 g/mol. The molecule has 0 spiro atoms. The van der Waals surface area contributed by atoms with Gasteiger partial charge >= 0.3 is 5.97 Å². The summed E-state index contributed by atoms with van der Waals surface area (Å²) in [6.07, 6.45) is 0. The Bertz CT molecular complexity index is 731. The normalized spacial score (nSPS) is 17.2. The van der Waals surface area contributed by atoms with Crippen LogP contribution in [0.3, 0.4) is 0 Å². The van der Waals surface area contributed by atoms with E-state index in [4.69, 9.17) is 19.9 Å². The maximum atomic E-state index is 12.4. The molecule has 0 fully saturated rings. The molecule has 1 aliphatic heterocycles. The molecule has 1 atom stereocenters. The summed E-state index contributed by atoms with van der Waals surface area (Å²) >= 11 is 0. The molecule has 0 saturated carbocycles. The highest BCUT2D eigenvalue weighted by Crippen LogP contribution is 2.40. The number of rotatable bonds is 6. The van der Waals surface area contributed by atoms with Crippen LogP contribution in [-0.2, 0) is 19.1 Å². The van der Waals surface area contributed by atoms with E-state index in [1.807, 2.05) is 19.1 Å². The number of hydrogen-bond donors (Lipinski definition) is 1. The lowest BCUT2D eigenvalue weighted by Gasteiger charge is -2.28. The first-order valence-electron chi connectivity index (χ1n) is 8.19. The largest absolute Gasteiger partial charge is 0.494 e. The molecule has 25 heavy (non-hydrogen) atoms. The molecule has 2 N–H and O–H groups in total. The highest BCUT2D eigenvalue weighted by atomic mass is 16.5. The van der Waals surface area contributed by atoms with Gasteiger partial charge in [-0.15, -0.1) is 0 Å². The average Bonchev–Trinajstić information content (AvgIpc) is 2.55. The van der Waals surface area contributed by atoms with Crippen molar-refractivity contribution in [3.05, 3.63) is 52.6 Å². The zero-order chi connectivity index (χ0) is 18.6. The fraction of sp³-hybridized carbons (Fsp3) is 0.368. The Morgan fingerprint density at radius 1 is 1.12 bits per heavy atom. The molecule has 0 bridgehead atoms. The van der Waals surface area contributed by atoms with Crippen LogP contribution in [0.5, 0.6) is 5.75 Å². The van der Waals surface area contributed by atoms with Crippen molar-refractivity contribution in [1.29, 1.82) is 0 Å². The van der Waals surface area contributed by atoms with Crippen molar-refractivity contribution in [1.82, 2.24) is 0 Å². The molecule has 6 nitrogen and oxygen atoms in total. The van der Waals surface area contributed by atoms with E-state index in [9.17, 15) is 9.59 Å². The van der Waals surface area contributed by atoms with Crippen LogP contribution in [-0.4, -0.2) is 25.0 Å². The standard InChI is InChI=1S/C19H23NO5/c1-5-23-14-9-7-13(8-10-14)16-15(11(3)21)12(4)25-18(20)17(16)19(22)24-6-2/h7-10,16H,5-6,20H2,1-4H3/t16-/m1/s1. The summed E-state index contributed by atoms with van der Waals surface area (Å²) in [6, 6.07) is 7.20. The third kappa shape index (κ3) is 3.84. The summed E-state index contributed by atoms with van der Waals surface area (Å²) in [6.45, 7) is 7.45. The lowest BCUT2D eigenvalue weighted by atomic mass is 9.81. The summed E-state index contributed by atoms with van der Waals surface area (Å²) in [4.78, 5) is 24.7. The van der Waals surface area contributed by atoms with E-state index in [-0.39, 0.29) is 23.8 Å². The van der Waals surface area contributed by atoms with Crippen LogP contribution in [0.15, 0.2) is 47.1 Å². The molecule has 1 heterocycles. The van der Waals surface area contributed by atoms with Gasteiger partial charge in [0.2, 0.25) is 5.88 Å². The minimum atomic E-state index is -0.638. The highest BCUT2D eigenvalue weighted by molar-refractivity contribution is 6.01. The quantitative estimate of drug-likeness (QED) is 0.798. The Morgan fingerprint density at radius 2 is 1.76 bits per heavy atom. The van der Waals surface area contributed by atoms with Gasteiger partial charge in [-0.05, 0) is 45.4 Å². The topological polar surface area (TPSA) is 87.9 Å². The zero-order valence-corrected chi connectivity index (χ0v) is 14.9. The molecule has 0 aromatic heterocycles. The monoisotopic (exact) mass is 345 g/mol. The number of benzene rings is 1. The number of hydrogen-bond acceptors (Lipinski definition) is 6. The summed E-state index contributed by atoms with van der Waals surface area (Å²) < 4.78 is 16.0. The van der Waals surface area contributed by atoms with E-state index >= 15 is 0 Å². The van der Waals surface area contributed by atoms with Crippen LogP contribution < -0.4 is 10.5 Å². The molecule has 134 valence electrons. The van der Waals surface area contributed by atoms with Gasteiger partial charge in [-0.1, -0.05) is 12.1 Å². The minimum Gasteiger partial charge on any atom is -0.494 e. The number of ether oxygens (including phenoxy) is 3. The summed E-state index contributed by atoms with van der Waals surface area (Å²) in [7, 11) is 0. The van der Waals surface area contributed by atoms with Crippen LogP contribution in [0.4, 0.5) is 0 Å². The molecule has 0 amide bonds. The molecule has 1 aliphatic rings. The van der Waals surface area contributed by atoms with Gasteiger partial charge in [0.15, 0.2) is 5.78 Å². The summed E-state index contributed by atoms with van der Waals surface area (Å²) in [5.74, 6) is -0.369. The van der Waals surface area contributed by atoms with Gasteiger partial charge in [0.1, 0.15) is 17.1 Å². The number of carbonyl (C=O) groups excluding carboxylic acids is 2. The minimum absolute atomic E-state index is 0.0418. The van der Waals surface area contributed by atoms with E-state index in [0.717, 1.165) is 5.56 Å². The predicted molar refractivity (Wildman–Crippen MR) is 92.7 cm³/mol. The highest BCUT2D eigenvalue weighted by Gasteiger charge is 2.37. The van der Waals surface area contributed by atoms with Crippen LogP contribution in [0.2, 0.25) is 0 Å². The Hall–Kier alpha value is -2.76. The number of carbonyl (C=O) groups is 2. The lowest BCUT2D eigenvalue weighted by molar-refractivity contribution is -0.139. The Labute approximate surface area is 147 Å². The van der Waals surface area contributed by atoms with Gasteiger partial charge in [-0.2, -0.15) is 0 Å². The predicted octanol–water partition coefficient (Wildman–Crippen LogP) is 2.80. The number of Topliss-reactive ketones (excluding diaryl/α,β-unsaturated/α-hetero) is 1. The molecule has 6 heteroatoms. The van der Waals surface area contributed by atoms with Gasteiger partial charge < -0.3 is 19.9 Å². The third-order valence-corrected chi connectivity index (χ3v) is 3.88. The number of esters is 1. The van der Waals surface area contributed by atoms with Crippen molar-refractivity contribution in [3.8, 4) is 5.75 Å². The van der Waals surface area contributed by atoms with Gasteiger partial charge in [-0.25, -0.2) is 4.79 Å². The smallest absolute Gasteiger partial charge is 0.340 e. The molecule has 0 saturated heterocycles. The van der Waals surface area contributed by atoms with Crippen LogP contribution in [0, 0.1) is 0 Å². The second-order valence-corrected chi connectivity index (χ2v) is 5.56. The summed E-state index contributed by atoms with van der Waals surface area (Å²) in [5, 5.41) is 0. The molecular formula is C19H23NO5. The van der Waals surface area contributed by atoms with Crippen LogP contribution in [0.1, 0.15) is 39.2 Å². The second kappa shape index (κ2) is 7.88. The fourth-order valence-corrected chi connectivity index (χ4v) is 2.90. The van der Waals surface area contributed by atoms with Crippen molar-refractivity contribution < 1.29 is 23.8 Å². The third-order valence-electron chi connectivity index (χ3n) is 3.88. The Balaban J connectivity index is 2.56. The second-order valence-electron chi connectivity index (χ2n) is 5.56. The lowest BCUT2D eigenvalue weighted by Crippen LogP contribution is -2.28. The van der Waals surface area contributed by atoms with E-state index in [2.05, 4.69) is 0 Å². The Kier molecular flexibility index (Phi) is 5.85. The number of allylic oxidation sites excluding steroid dienone is 2. The first kappa shape index (κ1) is 18.6. The van der Waals surface area contributed by atoms with Gasteiger partial charge in [-0.3, -0.25) is 4.79 Å². The van der Waals surface area contributed by atoms with Crippen molar-refractivity contribution in [2.24, 2.45) is 5.73 Å².